The van der Waals surface area contributed by atoms with E-state index >= 15 is 0 Å². The van der Waals surface area contributed by atoms with Gasteiger partial charge in [-0.2, -0.15) is 0 Å². The Morgan fingerprint density at radius 1 is 0.900 bits per heavy atom. The number of phenolic OH excluding ortho intramolecular Hbond substituents is 1. The maximum atomic E-state index is 10.2. The van der Waals surface area contributed by atoms with Crippen molar-refractivity contribution >= 4 is 6.08 Å². The van der Waals surface area contributed by atoms with Gasteiger partial charge in [0.1, 0.15) is 17.3 Å². The average molecular weight is 268 g/mol. The fourth-order valence-corrected chi connectivity index (χ4v) is 3.26. The first-order chi connectivity index (χ1) is 9.58. The molecular formula is C16H12O4. The summed E-state index contributed by atoms with van der Waals surface area (Å²) < 4.78 is 0. The minimum absolute atomic E-state index is 0.0526. The summed E-state index contributed by atoms with van der Waals surface area (Å²) in [5.74, 6) is -0.143. The monoisotopic (exact) mass is 268 g/mol. The minimum Gasteiger partial charge on any atom is -0.508 e. The van der Waals surface area contributed by atoms with E-state index in [9.17, 15) is 20.4 Å². The lowest BCUT2D eigenvalue weighted by molar-refractivity contribution is 0.221. The number of rotatable bonds is 0. The molecule has 1 aromatic rings. The van der Waals surface area contributed by atoms with Gasteiger partial charge in [0, 0.05) is 22.6 Å². The molecule has 3 aliphatic carbocycles. The van der Waals surface area contributed by atoms with E-state index in [1.165, 1.54) is 18.2 Å². The first kappa shape index (κ1) is 11.4. The van der Waals surface area contributed by atoms with Crippen molar-refractivity contribution in [2.75, 3.05) is 0 Å². The molecule has 0 amide bonds. The molecule has 100 valence electrons. The van der Waals surface area contributed by atoms with Crippen LogP contribution in [0.3, 0.4) is 0 Å². The lowest BCUT2D eigenvalue weighted by Crippen LogP contribution is -2.23. The zero-order valence-corrected chi connectivity index (χ0v) is 10.4. The van der Waals surface area contributed by atoms with Gasteiger partial charge in [-0.25, -0.2) is 0 Å². The zero-order chi connectivity index (χ0) is 14.0. The maximum absolute atomic E-state index is 10.2. The van der Waals surface area contributed by atoms with E-state index in [4.69, 9.17) is 0 Å². The summed E-state index contributed by atoms with van der Waals surface area (Å²) in [6.07, 6.45) is 5.43. The third kappa shape index (κ3) is 1.24. The zero-order valence-electron chi connectivity index (χ0n) is 10.4. The van der Waals surface area contributed by atoms with Crippen molar-refractivity contribution in [3.05, 3.63) is 69.7 Å². The van der Waals surface area contributed by atoms with E-state index in [-0.39, 0.29) is 23.2 Å². The number of aliphatic hydroxyl groups excluding tert-OH is 3. The highest BCUT2D eigenvalue weighted by atomic mass is 16.3. The third-order valence-electron chi connectivity index (χ3n) is 4.16. The molecule has 1 aromatic carbocycles. The first-order valence-corrected chi connectivity index (χ1v) is 6.35. The largest absolute Gasteiger partial charge is 0.508 e. The van der Waals surface area contributed by atoms with Gasteiger partial charge in [0.05, 0.1) is 6.10 Å². The molecule has 0 spiro atoms. The van der Waals surface area contributed by atoms with Gasteiger partial charge in [-0.1, -0.05) is 12.1 Å². The normalized spacial score (nSPS) is 26.1. The van der Waals surface area contributed by atoms with E-state index in [0.29, 0.717) is 22.3 Å². The Labute approximate surface area is 114 Å². The molecule has 0 fully saturated rings. The molecule has 3 aliphatic rings. The Morgan fingerprint density at radius 3 is 2.50 bits per heavy atom. The Bertz CT molecular complexity index is 765. The van der Waals surface area contributed by atoms with Crippen LogP contribution in [0.1, 0.15) is 28.7 Å². The van der Waals surface area contributed by atoms with E-state index < -0.39 is 6.10 Å². The van der Waals surface area contributed by atoms with Gasteiger partial charge in [-0.3, -0.25) is 0 Å². The maximum Gasteiger partial charge on any atom is 0.123 e. The van der Waals surface area contributed by atoms with Crippen molar-refractivity contribution in [2.24, 2.45) is 0 Å². The summed E-state index contributed by atoms with van der Waals surface area (Å²) in [5, 5.41) is 40.4. The predicted molar refractivity (Wildman–Crippen MR) is 73.3 cm³/mol. The van der Waals surface area contributed by atoms with E-state index in [1.807, 2.05) is 0 Å². The van der Waals surface area contributed by atoms with E-state index in [2.05, 4.69) is 0 Å². The smallest absolute Gasteiger partial charge is 0.123 e. The average Bonchev–Trinajstić information content (AvgIpc) is 2.42. The van der Waals surface area contributed by atoms with Crippen LogP contribution in [0.15, 0.2) is 53.0 Å². The summed E-state index contributed by atoms with van der Waals surface area (Å²) in [6.45, 7) is 0. The van der Waals surface area contributed by atoms with Crippen LogP contribution < -0.4 is 0 Å². The molecule has 4 nitrogen and oxygen atoms in total. The van der Waals surface area contributed by atoms with Crippen molar-refractivity contribution in [3.8, 4) is 5.75 Å². The number of phenols is 1. The second-order valence-electron chi connectivity index (χ2n) is 5.20. The summed E-state index contributed by atoms with van der Waals surface area (Å²) >= 11 is 0. The number of benzene rings is 1. The lowest BCUT2D eigenvalue weighted by atomic mass is 9.69. The quantitative estimate of drug-likeness (QED) is 0.583. The minimum atomic E-state index is -0.834. The SMILES string of the molecule is OC1=CC=C2C(O)=Cc3c(O)ccc4c3C2C1=CC4O. The van der Waals surface area contributed by atoms with E-state index in [1.54, 1.807) is 18.2 Å². The Hall–Kier alpha value is -2.46. The van der Waals surface area contributed by atoms with Crippen LogP contribution in [0.4, 0.5) is 0 Å². The third-order valence-corrected chi connectivity index (χ3v) is 4.16. The number of hydrogen-bond acceptors (Lipinski definition) is 4. The van der Waals surface area contributed by atoms with Gasteiger partial charge in [0.2, 0.25) is 0 Å². The van der Waals surface area contributed by atoms with Crippen LogP contribution in [-0.2, 0) is 0 Å². The second kappa shape index (κ2) is 3.55. The van der Waals surface area contributed by atoms with Gasteiger partial charge < -0.3 is 20.4 Å². The van der Waals surface area contributed by atoms with Crippen molar-refractivity contribution in [1.29, 1.82) is 0 Å². The van der Waals surface area contributed by atoms with Gasteiger partial charge in [0.25, 0.3) is 0 Å². The van der Waals surface area contributed by atoms with Gasteiger partial charge in [0.15, 0.2) is 0 Å². The molecule has 4 rings (SSSR count). The fraction of sp³-hybridized carbons (Fsp3) is 0.125. The highest BCUT2D eigenvalue weighted by molar-refractivity contribution is 5.77. The molecule has 0 radical (unpaired) electrons. The molecule has 4 N–H and O–H groups in total. The Kier molecular flexibility index (Phi) is 2.02. The molecule has 20 heavy (non-hydrogen) atoms. The van der Waals surface area contributed by atoms with Crippen molar-refractivity contribution in [1.82, 2.24) is 0 Å². The Morgan fingerprint density at radius 2 is 1.70 bits per heavy atom. The van der Waals surface area contributed by atoms with Crippen molar-refractivity contribution in [3.63, 3.8) is 0 Å². The highest BCUT2D eigenvalue weighted by Crippen LogP contribution is 2.52. The van der Waals surface area contributed by atoms with Crippen LogP contribution in [0, 0.1) is 0 Å². The molecule has 0 bridgehead atoms. The number of aromatic hydroxyl groups is 1. The summed E-state index contributed by atoms with van der Waals surface area (Å²) in [6, 6.07) is 3.18. The summed E-state index contributed by atoms with van der Waals surface area (Å²) in [7, 11) is 0. The molecule has 2 atom stereocenters. The predicted octanol–water partition coefficient (Wildman–Crippen LogP) is 2.74. The van der Waals surface area contributed by atoms with Crippen LogP contribution >= 0.6 is 0 Å². The van der Waals surface area contributed by atoms with Crippen molar-refractivity contribution < 1.29 is 20.4 Å². The van der Waals surface area contributed by atoms with Gasteiger partial charge >= 0.3 is 0 Å². The standard InChI is InChI=1S/C16H12O4/c17-11-3-1-7-13(19)5-10-12(18)4-2-8-14(20)6-9(11)15(7)16(8)10/h1-6,13,16-20H. The number of aliphatic hydroxyl groups is 3. The van der Waals surface area contributed by atoms with E-state index in [0.717, 1.165) is 5.56 Å². The van der Waals surface area contributed by atoms with Crippen LogP contribution in [0.5, 0.6) is 5.75 Å². The lowest BCUT2D eigenvalue weighted by Gasteiger charge is -2.36. The molecular weight excluding hydrogens is 256 g/mol. The molecule has 0 saturated heterocycles. The molecule has 0 aliphatic heterocycles. The van der Waals surface area contributed by atoms with Crippen LogP contribution in [0.25, 0.3) is 6.08 Å². The molecule has 4 heteroatoms. The van der Waals surface area contributed by atoms with Crippen LogP contribution in [0.2, 0.25) is 0 Å². The Balaban J connectivity index is 2.13. The molecule has 0 heterocycles. The fourth-order valence-electron chi connectivity index (χ4n) is 3.26. The number of hydrogen-bond donors (Lipinski definition) is 4. The summed E-state index contributed by atoms with van der Waals surface area (Å²) in [5.41, 5.74) is 3.17. The molecule has 0 saturated carbocycles. The second-order valence-corrected chi connectivity index (χ2v) is 5.20. The highest BCUT2D eigenvalue weighted by Gasteiger charge is 2.39. The summed E-state index contributed by atoms with van der Waals surface area (Å²) in [4.78, 5) is 0. The first-order valence-electron chi connectivity index (χ1n) is 6.35. The van der Waals surface area contributed by atoms with Gasteiger partial charge in [-0.15, -0.1) is 0 Å². The van der Waals surface area contributed by atoms with Crippen LogP contribution in [-0.4, -0.2) is 20.4 Å². The molecule has 2 unspecified atom stereocenters. The van der Waals surface area contributed by atoms with Gasteiger partial charge in [-0.05, 0) is 35.4 Å². The number of allylic oxidation sites excluding steroid dienone is 4. The topological polar surface area (TPSA) is 80.9 Å². The molecule has 0 aromatic heterocycles. The van der Waals surface area contributed by atoms with Crippen molar-refractivity contribution in [2.45, 2.75) is 12.0 Å².